The highest BCUT2D eigenvalue weighted by Gasteiger charge is 2.01. The molecule has 94 valence electrons. The average Bonchev–Trinajstić information content (AvgIpc) is 2.45. The first kappa shape index (κ1) is 12.7. The van der Waals surface area contributed by atoms with Crippen LogP contribution >= 0.6 is 0 Å². The quantitative estimate of drug-likeness (QED) is 0.868. The van der Waals surface area contributed by atoms with E-state index in [-0.39, 0.29) is 0 Å². The molecule has 0 bridgehead atoms. The molecule has 0 saturated carbocycles. The van der Waals surface area contributed by atoms with Crippen molar-refractivity contribution in [2.24, 2.45) is 0 Å². The van der Waals surface area contributed by atoms with Crippen LogP contribution in [0, 0.1) is 0 Å². The predicted octanol–water partition coefficient (Wildman–Crippen LogP) is 3.12. The van der Waals surface area contributed by atoms with Crippen LogP contribution in [0.1, 0.15) is 5.56 Å². The zero-order valence-corrected chi connectivity index (χ0v) is 10.9. The van der Waals surface area contributed by atoms with Crippen molar-refractivity contribution in [3.63, 3.8) is 0 Å². The van der Waals surface area contributed by atoms with E-state index >= 15 is 0 Å². The van der Waals surface area contributed by atoms with E-state index in [1.54, 1.807) is 7.11 Å². The maximum Gasteiger partial charge on any atom is 0.119 e. The topological polar surface area (TPSA) is 21.3 Å². The highest BCUT2D eigenvalue weighted by atomic mass is 16.5. The van der Waals surface area contributed by atoms with Crippen molar-refractivity contribution in [2.45, 2.75) is 6.42 Å². The molecule has 0 aliphatic carbocycles. The van der Waals surface area contributed by atoms with Gasteiger partial charge in [0.2, 0.25) is 0 Å². The number of methoxy groups -OCH3 is 1. The second kappa shape index (κ2) is 6.22. The molecule has 0 aliphatic heterocycles. The van der Waals surface area contributed by atoms with E-state index in [0.29, 0.717) is 0 Å². The van der Waals surface area contributed by atoms with Gasteiger partial charge in [-0.15, -0.1) is 0 Å². The van der Waals surface area contributed by atoms with Crippen LogP contribution in [0.4, 0.5) is 0 Å². The molecule has 0 atom stereocenters. The number of rotatable bonds is 5. The Kier molecular flexibility index (Phi) is 4.37. The Hall–Kier alpha value is -1.80. The van der Waals surface area contributed by atoms with E-state index in [2.05, 4.69) is 41.7 Å². The van der Waals surface area contributed by atoms with E-state index in [1.807, 2.05) is 19.2 Å². The van der Waals surface area contributed by atoms with Crippen molar-refractivity contribution in [3.8, 4) is 16.9 Å². The van der Waals surface area contributed by atoms with Gasteiger partial charge in [0.1, 0.15) is 5.75 Å². The van der Waals surface area contributed by atoms with Crippen LogP contribution in [0.15, 0.2) is 48.5 Å². The van der Waals surface area contributed by atoms with Gasteiger partial charge in [0.05, 0.1) is 7.11 Å². The maximum atomic E-state index is 5.26. The first-order chi connectivity index (χ1) is 8.83. The molecular weight excluding hydrogens is 222 g/mol. The van der Waals surface area contributed by atoms with E-state index in [0.717, 1.165) is 18.7 Å². The number of nitrogens with one attached hydrogen (secondary N) is 1. The minimum absolute atomic E-state index is 0.896. The van der Waals surface area contributed by atoms with Gasteiger partial charge in [0.15, 0.2) is 0 Å². The fourth-order valence-corrected chi connectivity index (χ4v) is 1.98. The lowest BCUT2D eigenvalue weighted by atomic mass is 10.0. The molecule has 0 unspecified atom stereocenters. The standard InChI is InChI=1S/C16H19NO/c1-17-10-9-13-5-3-6-14(11-13)15-7-4-8-16(12-15)18-2/h3-8,11-12,17H,9-10H2,1-2H3. The van der Waals surface area contributed by atoms with Crippen LogP contribution in [0.2, 0.25) is 0 Å². The van der Waals surface area contributed by atoms with Crippen molar-refractivity contribution >= 4 is 0 Å². The van der Waals surface area contributed by atoms with Crippen molar-refractivity contribution in [1.29, 1.82) is 0 Å². The molecule has 2 nitrogen and oxygen atoms in total. The smallest absolute Gasteiger partial charge is 0.119 e. The summed E-state index contributed by atoms with van der Waals surface area (Å²) in [5.74, 6) is 0.896. The molecule has 1 N–H and O–H groups in total. The van der Waals surface area contributed by atoms with Gasteiger partial charge in [-0.2, -0.15) is 0 Å². The molecule has 0 aliphatic rings. The zero-order valence-electron chi connectivity index (χ0n) is 10.9. The van der Waals surface area contributed by atoms with Crippen molar-refractivity contribution in [2.75, 3.05) is 20.7 Å². The summed E-state index contributed by atoms with van der Waals surface area (Å²) < 4.78 is 5.26. The number of hydrogen-bond donors (Lipinski definition) is 1. The Balaban J connectivity index is 2.26. The van der Waals surface area contributed by atoms with Gasteiger partial charge in [-0.1, -0.05) is 36.4 Å². The fourth-order valence-electron chi connectivity index (χ4n) is 1.98. The Morgan fingerprint density at radius 3 is 2.44 bits per heavy atom. The fraction of sp³-hybridized carbons (Fsp3) is 0.250. The minimum Gasteiger partial charge on any atom is -0.497 e. The largest absolute Gasteiger partial charge is 0.497 e. The van der Waals surface area contributed by atoms with Crippen LogP contribution in [0.5, 0.6) is 5.75 Å². The zero-order chi connectivity index (χ0) is 12.8. The summed E-state index contributed by atoms with van der Waals surface area (Å²) in [6, 6.07) is 16.8. The van der Waals surface area contributed by atoms with Gasteiger partial charge in [-0.3, -0.25) is 0 Å². The lowest BCUT2D eigenvalue weighted by Gasteiger charge is -2.07. The Morgan fingerprint density at radius 1 is 1.00 bits per heavy atom. The number of ether oxygens (including phenoxy) is 1. The molecule has 0 radical (unpaired) electrons. The van der Waals surface area contributed by atoms with E-state index < -0.39 is 0 Å². The SMILES string of the molecule is CNCCc1cccc(-c2cccc(OC)c2)c1. The highest BCUT2D eigenvalue weighted by molar-refractivity contribution is 5.65. The van der Waals surface area contributed by atoms with Gasteiger partial charge >= 0.3 is 0 Å². The molecule has 0 saturated heterocycles. The summed E-state index contributed by atoms with van der Waals surface area (Å²) in [6.45, 7) is 1.00. The highest BCUT2D eigenvalue weighted by Crippen LogP contribution is 2.24. The van der Waals surface area contributed by atoms with E-state index in [4.69, 9.17) is 4.74 Å². The number of benzene rings is 2. The van der Waals surface area contributed by atoms with Crippen LogP contribution < -0.4 is 10.1 Å². The Bertz CT molecular complexity index is 508. The second-order valence-corrected chi connectivity index (χ2v) is 4.29. The van der Waals surface area contributed by atoms with Crippen LogP contribution in [0.25, 0.3) is 11.1 Å². The van der Waals surface area contributed by atoms with E-state index in [9.17, 15) is 0 Å². The first-order valence-corrected chi connectivity index (χ1v) is 6.21. The van der Waals surface area contributed by atoms with Gasteiger partial charge in [0.25, 0.3) is 0 Å². The average molecular weight is 241 g/mol. The van der Waals surface area contributed by atoms with E-state index in [1.165, 1.54) is 16.7 Å². The van der Waals surface area contributed by atoms with Crippen LogP contribution in [-0.2, 0) is 6.42 Å². The Morgan fingerprint density at radius 2 is 1.72 bits per heavy atom. The maximum absolute atomic E-state index is 5.26. The van der Waals surface area contributed by atoms with Crippen LogP contribution in [0.3, 0.4) is 0 Å². The monoisotopic (exact) mass is 241 g/mol. The van der Waals surface area contributed by atoms with Gasteiger partial charge < -0.3 is 10.1 Å². The van der Waals surface area contributed by atoms with Crippen molar-refractivity contribution < 1.29 is 4.74 Å². The molecule has 0 heterocycles. The minimum atomic E-state index is 0.896. The normalized spacial score (nSPS) is 10.3. The lowest BCUT2D eigenvalue weighted by Crippen LogP contribution is -2.10. The Labute approximate surface area is 109 Å². The summed E-state index contributed by atoms with van der Waals surface area (Å²) in [4.78, 5) is 0. The summed E-state index contributed by atoms with van der Waals surface area (Å²) >= 11 is 0. The first-order valence-electron chi connectivity index (χ1n) is 6.21. The summed E-state index contributed by atoms with van der Waals surface area (Å²) in [5.41, 5.74) is 3.79. The summed E-state index contributed by atoms with van der Waals surface area (Å²) in [7, 11) is 3.67. The molecule has 18 heavy (non-hydrogen) atoms. The molecule has 2 aromatic carbocycles. The molecule has 0 aromatic heterocycles. The number of likely N-dealkylation sites (N-methyl/N-ethyl adjacent to an activating group) is 1. The molecule has 0 amide bonds. The summed E-state index contributed by atoms with van der Waals surface area (Å²) in [5, 5.41) is 3.17. The predicted molar refractivity (Wildman–Crippen MR) is 76.1 cm³/mol. The van der Waals surface area contributed by atoms with Gasteiger partial charge in [0, 0.05) is 0 Å². The van der Waals surface area contributed by atoms with Gasteiger partial charge in [-0.25, -0.2) is 0 Å². The molecule has 0 fully saturated rings. The molecular formula is C16H19NO. The molecule has 2 heteroatoms. The lowest BCUT2D eigenvalue weighted by molar-refractivity contribution is 0.415. The molecule has 2 aromatic rings. The third-order valence-corrected chi connectivity index (χ3v) is 2.99. The van der Waals surface area contributed by atoms with Crippen LogP contribution in [-0.4, -0.2) is 20.7 Å². The van der Waals surface area contributed by atoms with Gasteiger partial charge in [-0.05, 0) is 48.8 Å². The third-order valence-electron chi connectivity index (χ3n) is 2.99. The molecule has 0 spiro atoms. The third kappa shape index (κ3) is 3.11. The summed E-state index contributed by atoms with van der Waals surface area (Å²) in [6.07, 6.45) is 1.05. The molecule has 2 rings (SSSR count). The van der Waals surface area contributed by atoms with Crippen molar-refractivity contribution in [3.05, 3.63) is 54.1 Å². The number of hydrogen-bond acceptors (Lipinski definition) is 2. The second-order valence-electron chi connectivity index (χ2n) is 4.29. The van der Waals surface area contributed by atoms with Crippen molar-refractivity contribution in [1.82, 2.24) is 5.32 Å².